The van der Waals surface area contributed by atoms with Crippen LogP contribution in [0.2, 0.25) is 0 Å². The SMILES string of the molecule is Cc1cc2c3cc4ccc(N(c5cccc6c5oc5ccccc56)c5cccc6c5oc5ccccc56)cc4cc3oc2c2oc3cc4cc(N(c5cccc6c5oc5ccccc56)c5cccc6c5oc5ccccc56)ccc4cc3c12. The fraction of sp³-hybridized carbons (Fsp3) is 0.0133. The van der Waals surface area contributed by atoms with Crippen molar-refractivity contribution >= 4 is 187 Å². The predicted molar refractivity (Wildman–Crippen MR) is 339 cm³/mol. The van der Waals surface area contributed by atoms with Crippen molar-refractivity contribution in [2.45, 2.75) is 6.92 Å². The third kappa shape index (κ3) is 6.29. The second kappa shape index (κ2) is 16.4. The number of benzene rings is 13. The summed E-state index contributed by atoms with van der Waals surface area (Å²) in [7, 11) is 0. The molecule has 6 heterocycles. The fourth-order valence-electron chi connectivity index (χ4n) is 13.6. The van der Waals surface area contributed by atoms with E-state index in [1.807, 2.05) is 48.5 Å². The van der Waals surface area contributed by atoms with E-state index in [0.717, 1.165) is 193 Å². The van der Waals surface area contributed by atoms with Crippen molar-refractivity contribution in [2.75, 3.05) is 9.80 Å². The van der Waals surface area contributed by atoms with E-state index in [9.17, 15) is 0 Å². The zero-order valence-electron chi connectivity index (χ0n) is 44.4. The normalized spacial score (nSPS) is 12.4. The van der Waals surface area contributed by atoms with Crippen LogP contribution in [0.15, 0.2) is 263 Å². The van der Waals surface area contributed by atoms with Gasteiger partial charge in [-0.15, -0.1) is 0 Å². The molecule has 19 rings (SSSR count). The lowest BCUT2D eigenvalue weighted by Gasteiger charge is -2.26. The van der Waals surface area contributed by atoms with Crippen LogP contribution < -0.4 is 9.80 Å². The first-order valence-corrected chi connectivity index (χ1v) is 27.9. The first-order chi connectivity index (χ1) is 41.0. The molecule has 0 saturated heterocycles. The van der Waals surface area contributed by atoms with Crippen LogP contribution in [-0.2, 0) is 0 Å². The lowest BCUT2D eigenvalue weighted by atomic mass is 10.00. The van der Waals surface area contributed by atoms with Gasteiger partial charge in [-0.2, -0.15) is 0 Å². The van der Waals surface area contributed by atoms with Gasteiger partial charge < -0.3 is 36.3 Å². The number of nitrogens with zero attached hydrogens (tertiary/aromatic N) is 2. The standard InChI is InChI=1S/C75H42N2O6/c1-41-34-57-56-37-42-30-32-46(76(59-22-10-18-52-48-14-2-6-26-63(48)78-70(52)59)60-23-11-19-53-49-15-3-7-27-64(49)79-71(53)60)35-44(42)39-67(56)82-74(57)75-69(41)58-38-43-31-33-47(36-45(43)40-68(58)83-75)77(61-24-12-20-54-50-16-4-8-28-65(50)80-72(54)61)62-25-13-21-55-51-17-5-9-29-66(51)81-73(55)62/h2-40H,1H3. The number of rotatable bonds is 6. The van der Waals surface area contributed by atoms with E-state index in [1.54, 1.807) is 0 Å². The molecular weight excluding hydrogens is 1020 g/mol. The topological polar surface area (TPSA) is 85.3 Å². The lowest BCUT2D eigenvalue weighted by molar-refractivity contribution is 0.633. The maximum Gasteiger partial charge on any atom is 0.178 e. The first-order valence-electron chi connectivity index (χ1n) is 27.9. The van der Waals surface area contributed by atoms with Gasteiger partial charge in [0, 0.05) is 76.0 Å². The van der Waals surface area contributed by atoms with Gasteiger partial charge in [-0.25, -0.2) is 0 Å². The molecule has 8 nitrogen and oxygen atoms in total. The quantitative estimate of drug-likeness (QED) is 0.163. The Morgan fingerprint density at radius 3 is 1.00 bits per heavy atom. The summed E-state index contributed by atoms with van der Waals surface area (Å²) in [6, 6.07) is 82.7. The molecule has 13 aromatic carbocycles. The highest BCUT2D eigenvalue weighted by molar-refractivity contribution is 6.23. The number of anilines is 6. The molecule has 0 aliphatic heterocycles. The van der Waals surface area contributed by atoms with Gasteiger partial charge in [0.1, 0.15) is 33.5 Å². The molecule has 0 N–H and O–H groups in total. The van der Waals surface area contributed by atoms with E-state index in [-0.39, 0.29) is 0 Å². The third-order valence-electron chi connectivity index (χ3n) is 17.3. The molecule has 0 atom stereocenters. The van der Waals surface area contributed by atoms with Crippen molar-refractivity contribution in [1.82, 2.24) is 0 Å². The van der Waals surface area contributed by atoms with Crippen molar-refractivity contribution in [3.05, 3.63) is 242 Å². The van der Waals surface area contributed by atoms with E-state index < -0.39 is 0 Å². The largest absolute Gasteiger partial charge is 0.454 e. The van der Waals surface area contributed by atoms with Gasteiger partial charge in [0.25, 0.3) is 0 Å². The minimum Gasteiger partial charge on any atom is -0.454 e. The summed E-state index contributed by atoms with van der Waals surface area (Å²) >= 11 is 0. The molecule has 0 bridgehead atoms. The Labute approximate surface area is 470 Å². The van der Waals surface area contributed by atoms with Crippen molar-refractivity contribution in [3.63, 3.8) is 0 Å². The second-order valence-electron chi connectivity index (χ2n) is 21.9. The zero-order chi connectivity index (χ0) is 54.2. The molecule has 0 radical (unpaired) electrons. The average Bonchev–Trinajstić information content (AvgIpc) is 3.19. The highest BCUT2D eigenvalue weighted by atomic mass is 16.4. The van der Waals surface area contributed by atoms with Gasteiger partial charge in [0.05, 0.1) is 22.7 Å². The van der Waals surface area contributed by atoms with Crippen LogP contribution >= 0.6 is 0 Å². The Bertz CT molecular complexity index is 5770. The third-order valence-corrected chi connectivity index (χ3v) is 17.3. The Kier molecular flexibility index (Phi) is 8.84. The molecule has 0 amide bonds. The maximum atomic E-state index is 7.03. The van der Waals surface area contributed by atoms with Crippen LogP contribution in [0.4, 0.5) is 34.1 Å². The van der Waals surface area contributed by atoms with Gasteiger partial charge in [0.15, 0.2) is 33.5 Å². The van der Waals surface area contributed by atoms with E-state index in [1.165, 1.54) is 0 Å². The van der Waals surface area contributed by atoms with E-state index in [4.69, 9.17) is 26.5 Å². The highest BCUT2D eigenvalue weighted by Crippen LogP contribution is 2.50. The van der Waals surface area contributed by atoms with Crippen LogP contribution in [-0.4, -0.2) is 0 Å². The Balaban J connectivity index is 0.773. The van der Waals surface area contributed by atoms with Gasteiger partial charge in [-0.1, -0.05) is 133 Å². The summed E-state index contributed by atoms with van der Waals surface area (Å²) < 4.78 is 41.0. The predicted octanol–water partition coefficient (Wildman–Crippen LogP) is 22.6. The number of hydrogen-bond acceptors (Lipinski definition) is 8. The molecule has 0 aliphatic carbocycles. The number of hydrogen-bond donors (Lipinski definition) is 0. The van der Waals surface area contributed by atoms with Crippen LogP contribution in [0.1, 0.15) is 5.56 Å². The Morgan fingerprint density at radius 2 is 0.578 bits per heavy atom. The molecule has 0 fully saturated rings. The fourth-order valence-corrected chi connectivity index (χ4v) is 13.6. The van der Waals surface area contributed by atoms with Crippen molar-refractivity contribution in [2.24, 2.45) is 0 Å². The maximum absolute atomic E-state index is 7.03. The second-order valence-corrected chi connectivity index (χ2v) is 21.9. The molecule has 0 aliphatic rings. The molecule has 388 valence electrons. The molecule has 0 spiro atoms. The highest BCUT2D eigenvalue weighted by Gasteiger charge is 2.27. The molecular formula is C75H42N2O6. The van der Waals surface area contributed by atoms with Gasteiger partial charge in [0.2, 0.25) is 0 Å². The zero-order valence-corrected chi connectivity index (χ0v) is 44.4. The molecule has 6 aromatic heterocycles. The van der Waals surface area contributed by atoms with Gasteiger partial charge in [-0.3, -0.25) is 0 Å². The number of fused-ring (bicyclic) bond motifs is 21. The molecule has 0 saturated carbocycles. The summed E-state index contributed by atoms with van der Waals surface area (Å²) in [5, 5.41) is 16.8. The van der Waals surface area contributed by atoms with E-state index in [0.29, 0.717) is 0 Å². The summed E-state index contributed by atoms with van der Waals surface area (Å²) in [5.41, 5.74) is 16.1. The van der Waals surface area contributed by atoms with Crippen LogP contribution in [0, 0.1) is 6.92 Å². The Morgan fingerprint density at radius 1 is 0.229 bits per heavy atom. The number of furan rings is 6. The molecule has 19 aromatic rings. The van der Waals surface area contributed by atoms with Crippen molar-refractivity contribution < 1.29 is 26.5 Å². The smallest absolute Gasteiger partial charge is 0.178 e. The molecule has 83 heavy (non-hydrogen) atoms. The van der Waals surface area contributed by atoms with Crippen molar-refractivity contribution in [3.8, 4) is 0 Å². The summed E-state index contributed by atoms with van der Waals surface area (Å²) in [4.78, 5) is 4.54. The Hall–Kier alpha value is -11.2. The minimum atomic E-state index is 0.718. The minimum absolute atomic E-state index is 0.718. The van der Waals surface area contributed by atoms with Crippen molar-refractivity contribution in [1.29, 1.82) is 0 Å². The number of para-hydroxylation sites is 8. The monoisotopic (exact) mass is 1070 g/mol. The summed E-state index contributed by atoms with van der Waals surface area (Å²) in [6.45, 7) is 2.17. The number of aryl methyl sites for hydroxylation is 1. The van der Waals surface area contributed by atoms with Crippen LogP contribution in [0.25, 0.3) is 153 Å². The van der Waals surface area contributed by atoms with E-state index in [2.05, 4.69) is 205 Å². The average molecular weight is 1070 g/mol. The summed E-state index contributed by atoms with van der Waals surface area (Å²) in [5.74, 6) is 0. The molecule has 0 unspecified atom stereocenters. The first kappa shape index (κ1) is 44.6. The van der Waals surface area contributed by atoms with Crippen LogP contribution in [0.3, 0.4) is 0 Å². The lowest BCUT2D eigenvalue weighted by Crippen LogP contribution is -2.10. The van der Waals surface area contributed by atoms with Gasteiger partial charge in [-0.05, 0) is 137 Å². The van der Waals surface area contributed by atoms with Crippen LogP contribution in [0.5, 0.6) is 0 Å². The molecule has 8 heteroatoms. The van der Waals surface area contributed by atoms with E-state index >= 15 is 0 Å². The summed E-state index contributed by atoms with van der Waals surface area (Å²) in [6.07, 6.45) is 0. The van der Waals surface area contributed by atoms with Gasteiger partial charge >= 0.3 is 0 Å².